The molecule has 2 aromatic carbocycles. The van der Waals surface area contributed by atoms with Crippen molar-refractivity contribution in [3.8, 4) is 40.2 Å². The van der Waals surface area contributed by atoms with Gasteiger partial charge in [-0.25, -0.2) is 0 Å². The Hall–Kier alpha value is -3.55. The van der Waals surface area contributed by atoms with Gasteiger partial charge >= 0.3 is 0 Å². The average molecular weight is 839 g/mol. The normalized spacial score (nSPS) is 14.6. The maximum atomic E-state index is 15.4. The van der Waals surface area contributed by atoms with E-state index in [9.17, 15) is 0 Å². The van der Waals surface area contributed by atoms with Crippen LogP contribution in [0.3, 0.4) is 0 Å². The van der Waals surface area contributed by atoms with Crippen LogP contribution >= 0.6 is 0 Å². The number of hydrogen-bond acceptors (Lipinski definition) is 8. The van der Waals surface area contributed by atoms with Gasteiger partial charge in [0.1, 0.15) is 11.3 Å². The second kappa shape index (κ2) is 29.7. The van der Waals surface area contributed by atoms with E-state index in [-0.39, 0.29) is 42.4 Å². The lowest BCUT2D eigenvalue weighted by molar-refractivity contribution is 0.100. The molecular weight excluding hydrogens is 753 g/mol. The van der Waals surface area contributed by atoms with Crippen molar-refractivity contribution in [2.75, 3.05) is 7.11 Å². The summed E-state index contributed by atoms with van der Waals surface area (Å²) in [6, 6.07) is 5.82. The van der Waals surface area contributed by atoms with Gasteiger partial charge < -0.3 is 33.2 Å². The number of ether oxygens (including phenoxy) is 7. The molecule has 60 heavy (non-hydrogen) atoms. The Labute approximate surface area is 366 Å². The van der Waals surface area contributed by atoms with Crippen LogP contribution in [0.2, 0.25) is 0 Å². The molecular formula is C52H86O8. The van der Waals surface area contributed by atoms with E-state index in [0.717, 1.165) is 116 Å². The molecule has 0 saturated carbocycles. The molecule has 342 valence electrons. The summed E-state index contributed by atoms with van der Waals surface area (Å²) >= 11 is 0. The molecule has 0 aliphatic carbocycles. The third-order valence-corrected chi connectivity index (χ3v) is 11.2. The Bertz CT molecular complexity index is 1460. The maximum Gasteiger partial charge on any atom is 0.193 e. The fraction of sp³-hybridized carbons (Fsp3) is 0.712. The van der Waals surface area contributed by atoms with Gasteiger partial charge in [-0.3, -0.25) is 4.79 Å². The first-order valence-electron chi connectivity index (χ1n) is 24.2. The van der Waals surface area contributed by atoms with E-state index < -0.39 is 0 Å². The van der Waals surface area contributed by atoms with Crippen LogP contribution in [-0.2, 0) is 0 Å². The van der Waals surface area contributed by atoms with Crippen LogP contribution in [0.4, 0.5) is 0 Å². The van der Waals surface area contributed by atoms with Gasteiger partial charge in [-0.2, -0.15) is 0 Å². The van der Waals surface area contributed by atoms with Crippen LogP contribution in [0.25, 0.3) is 6.08 Å². The van der Waals surface area contributed by atoms with E-state index in [0.29, 0.717) is 51.4 Å². The molecule has 2 rings (SSSR count). The molecule has 0 aliphatic heterocycles. The minimum atomic E-state index is -0.269. The van der Waals surface area contributed by atoms with E-state index in [1.165, 1.54) is 0 Å². The zero-order valence-corrected chi connectivity index (χ0v) is 40.3. The van der Waals surface area contributed by atoms with Gasteiger partial charge in [0.15, 0.2) is 40.3 Å². The summed E-state index contributed by atoms with van der Waals surface area (Å²) in [7, 11) is 1.65. The second-order valence-electron chi connectivity index (χ2n) is 16.3. The summed E-state index contributed by atoms with van der Waals surface area (Å²) in [4.78, 5) is 15.4. The lowest BCUT2D eigenvalue weighted by atomic mass is 10.0. The van der Waals surface area contributed by atoms with E-state index in [2.05, 4.69) is 83.1 Å². The highest BCUT2D eigenvalue weighted by Crippen LogP contribution is 2.48. The molecule has 0 spiro atoms. The fourth-order valence-corrected chi connectivity index (χ4v) is 7.61. The molecule has 8 heteroatoms. The Kier molecular flexibility index (Phi) is 26.0. The number of carbonyl (C=O) groups is 1. The minimum absolute atomic E-state index is 0.0195. The van der Waals surface area contributed by atoms with E-state index >= 15 is 4.79 Å². The molecule has 2 aromatic rings. The van der Waals surface area contributed by atoms with Gasteiger partial charge in [-0.05, 0) is 95.3 Å². The highest BCUT2D eigenvalue weighted by Gasteiger charge is 2.32. The predicted octanol–water partition coefficient (Wildman–Crippen LogP) is 15.3. The van der Waals surface area contributed by atoms with E-state index in [1.54, 1.807) is 13.2 Å². The van der Waals surface area contributed by atoms with Gasteiger partial charge in [0.25, 0.3) is 0 Å². The van der Waals surface area contributed by atoms with E-state index in [1.807, 2.05) is 24.3 Å². The minimum Gasteiger partial charge on any atom is -0.493 e. The maximum absolute atomic E-state index is 15.4. The summed E-state index contributed by atoms with van der Waals surface area (Å²) in [5, 5.41) is 0. The average Bonchev–Trinajstić information content (AvgIpc) is 3.25. The summed E-state index contributed by atoms with van der Waals surface area (Å²) in [6.45, 7) is 25.8. The monoisotopic (exact) mass is 839 g/mol. The molecule has 0 heterocycles. The first-order chi connectivity index (χ1) is 29.1. The molecule has 0 N–H and O–H groups in total. The number of methoxy groups -OCH3 is 1. The number of hydrogen-bond donors (Lipinski definition) is 0. The SMILES string of the molecule is CCCC(CC)Oc1cc(C=CC(=O)c2c(OC(CC)CCC)c(OC(CC)CCC)cc(OC(CC)CCC)c2OC(CC)CCC)c(OC(CC)CCC)c(OC)c1. The lowest BCUT2D eigenvalue weighted by Crippen LogP contribution is -2.23. The third kappa shape index (κ3) is 16.4. The zero-order chi connectivity index (χ0) is 44.5. The van der Waals surface area contributed by atoms with Crippen LogP contribution in [0.5, 0.6) is 40.2 Å². The molecule has 0 aliphatic rings. The van der Waals surface area contributed by atoms with Crippen LogP contribution in [0.1, 0.15) is 215 Å². The number of carbonyl (C=O) groups excluding carboxylic acids is 1. The van der Waals surface area contributed by atoms with Crippen LogP contribution in [0, 0.1) is 0 Å². The van der Waals surface area contributed by atoms with Crippen molar-refractivity contribution in [3.05, 3.63) is 35.4 Å². The number of ketones is 1. The van der Waals surface area contributed by atoms with Crippen molar-refractivity contribution < 1.29 is 38.0 Å². The fourth-order valence-electron chi connectivity index (χ4n) is 7.61. The lowest BCUT2D eigenvalue weighted by Gasteiger charge is -2.29. The highest BCUT2D eigenvalue weighted by atomic mass is 16.6. The van der Waals surface area contributed by atoms with Gasteiger partial charge in [0.2, 0.25) is 0 Å². The first-order valence-corrected chi connectivity index (χ1v) is 24.2. The number of allylic oxidation sites excluding steroid dienone is 1. The summed E-state index contributed by atoms with van der Waals surface area (Å²) in [6.07, 6.45) is 19.1. The second-order valence-corrected chi connectivity index (χ2v) is 16.3. The third-order valence-electron chi connectivity index (χ3n) is 11.2. The van der Waals surface area contributed by atoms with Crippen molar-refractivity contribution >= 4 is 11.9 Å². The summed E-state index contributed by atoms with van der Waals surface area (Å²) in [5.41, 5.74) is 1.03. The van der Waals surface area contributed by atoms with Crippen molar-refractivity contribution in [1.29, 1.82) is 0 Å². The zero-order valence-electron chi connectivity index (χ0n) is 40.3. The van der Waals surface area contributed by atoms with Crippen molar-refractivity contribution in [2.24, 2.45) is 0 Å². The molecule has 0 fully saturated rings. The quantitative estimate of drug-likeness (QED) is 0.0509. The largest absolute Gasteiger partial charge is 0.493 e. The number of rotatable bonds is 34. The molecule has 8 nitrogen and oxygen atoms in total. The summed E-state index contributed by atoms with van der Waals surface area (Å²) < 4.78 is 47.0. The molecule has 0 amide bonds. The predicted molar refractivity (Wildman–Crippen MR) is 250 cm³/mol. The number of benzene rings is 2. The van der Waals surface area contributed by atoms with Gasteiger partial charge in [-0.15, -0.1) is 0 Å². The molecule has 0 aromatic heterocycles. The molecule has 6 atom stereocenters. The Morgan fingerprint density at radius 1 is 0.450 bits per heavy atom. The Balaban J connectivity index is 3.14. The Morgan fingerprint density at radius 2 is 0.800 bits per heavy atom. The smallest absolute Gasteiger partial charge is 0.193 e. The van der Waals surface area contributed by atoms with Crippen LogP contribution < -0.4 is 33.2 Å². The molecule has 0 bridgehead atoms. The van der Waals surface area contributed by atoms with E-state index in [4.69, 9.17) is 33.2 Å². The standard InChI is InChI=1S/C52H86O8/c1-14-26-38(20-7)55-44-34-37(50(46(35-44)54-13)58-41(23-10)29-17-4)32-33-45(53)49-51(59-42(24-11)30-18-5)47(56-39(21-8)27-15-2)36-48(57-40(22-9)28-16-3)52(49)60-43(25-12)31-19-6/h32-36,38-43H,14-31H2,1-13H3. The highest BCUT2D eigenvalue weighted by molar-refractivity contribution is 6.12. The van der Waals surface area contributed by atoms with Crippen LogP contribution in [-0.4, -0.2) is 49.5 Å². The van der Waals surface area contributed by atoms with Gasteiger partial charge in [0, 0.05) is 17.7 Å². The van der Waals surface area contributed by atoms with Crippen molar-refractivity contribution in [3.63, 3.8) is 0 Å². The van der Waals surface area contributed by atoms with Gasteiger partial charge in [0.05, 0.1) is 43.7 Å². The van der Waals surface area contributed by atoms with Crippen molar-refractivity contribution in [2.45, 2.75) is 235 Å². The summed E-state index contributed by atoms with van der Waals surface area (Å²) in [5.74, 6) is 3.44. The molecule has 0 saturated heterocycles. The first kappa shape index (κ1) is 52.6. The van der Waals surface area contributed by atoms with Gasteiger partial charge in [-0.1, -0.05) is 122 Å². The topological polar surface area (TPSA) is 81.7 Å². The molecule has 0 radical (unpaired) electrons. The Morgan fingerprint density at radius 3 is 1.15 bits per heavy atom. The van der Waals surface area contributed by atoms with Crippen LogP contribution in [0.15, 0.2) is 24.3 Å². The van der Waals surface area contributed by atoms with Crippen molar-refractivity contribution in [1.82, 2.24) is 0 Å². The molecule has 6 unspecified atom stereocenters.